The molecule has 0 radical (unpaired) electrons. The summed E-state index contributed by atoms with van der Waals surface area (Å²) < 4.78 is 6.62. The molecule has 1 amide bonds. The average molecular weight is 266 g/mol. The van der Waals surface area contributed by atoms with Crippen molar-refractivity contribution >= 4 is 11.9 Å². The third-order valence-corrected chi connectivity index (χ3v) is 3.38. The lowest BCUT2D eigenvalue weighted by molar-refractivity contribution is -0.142. The maximum absolute atomic E-state index is 11.5. The minimum Gasteiger partial charge on any atom is -0.469 e. The quantitative estimate of drug-likeness (QED) is 0.788. The summed E-state index contributed by atoms with van der Waals surface area (Å²) in [6, 6.07) is 2.13. The summed E-state index contributed by atoms with van der Waals surface area (Å²) >= 11 is 0. The number of amides is 1. The van der Waals surface area contributed by atoms with Crippen LogP contribution in [0.5, 0.6) is 0 Å². The lowest BCUT2D eigenvalue weighted by atomic mass is 10.2. The summed E-state index contributed by atoms with van der Waals surface area (Å²) in [7, 11) is 3.35. The summed E-state index contributed by atoms with van der Waals surface area (Å²) in [5.74, 6) is -0.472. The molecule has 5 heteroatoms. The molecule has 1 rings (SSSR count). The molecule has 0 saturated carbocycles. The van der Waals surface area contributed by atoms with E-state index in [4.69, 9.17) is 0 Å². The van der Waals surface area contributed by atoms with Crippen molar-refractivity contribution in [1.82, 2.24) is 9.88 Å². The molecule has 0 aromatic carbocycles. The van der Waals surface area contributed by atoms with Crippen LogP contribution < -0.4 is 5.32 Å². The predicted molar refractivity (Wildman–Crippen MR) is 72.9 cm³/mol. The average Bonchev–Trinajstić information content (AvgIpc) is 2.63. The number of aromatic nitrogens is 1. The van der Waals surface area contributed by atoms with E-state index in [1.54, 1.807) is 0 Å². The van der Waals surface area contributed by atoms with Crippen molar-refractivity contribution in [3.05, 3.63) is 23.0 Å². The first-order valence-corrected chi connectivity index (χ1v) is 6.41. The van der Waals surface area contributed by atoms with Crippen LogP contribution in [-0.4, -0.2) is 30.1 Å². The molecule has 0 unspecified atom stereocenters. The number of nitrogens with one attached hydrogen (secondary N) is 1. The van der Waals surface area contributed by atoms with Gasteiger partial charge in [0.2, 0.25) is 5.91 Å². The number of carbonyl (C=O) groups excluding carboxylic acids is 2. The van der Waals surface area contributed by atoms with Gasteiger partial charge in [-0.05, 0) is 31.9 Å². The van der Waals surface area contributed by atoms with Gasteiger partial charge in [0.15, 0.2) is 0 Å². The Hall–Kier alpha value is -1.78. The van der Waals surface area contributed by atoms with E-state index < -0.39 is 0 Å². The molecule has 0 aliphatic carbocycles. The van der Waals surface area contributed by atoms with Gasteiger partial charge in [-0.25, -0.2) is 0 Å². The fourth-order valence-corrected chi connectivity index (χ4v) is 1.93. The second-order valence-electron chi connectivity index (χ2n) is 4.63. The fraction of sp³-hybridized carbons (Fsp3) is 0.571. The van der Waals surface area contributed by atoms with E-state index in [0.29, 0.717) is 6.54 Å². The van der Waals surface area contributed by atoms with Gasteiger partial charge in [0.05, 0.1) is 13.5 Å². The van der Waals surface area contributed by atoms with E-state index in [-0.39, 0.29) is 24.7 Å². The van der Waals surface area contributed by atoms with Gasteiger partial charge in [-0.3, -0.25) is 9.59 Å². The van der Waals surface area contributed by atoms with E-state index in [2.05, 4.69) is 34.5 Å². The molecule has 1 aromatic heterocycles. The SMILES string of the molecule is COC(=O)CCC(=O)NCCc1cc(C)n(C)c1C. The smallest absolute Gasteiger partial charge is 0.306 e. The van der Waals surface area contributed by atoms with Crippen LogP contribution in [0.2, 0.25) is 0 Å². The Morgan fingerprint density at radius 1 is 1.32 bits per heavy atom. The van der Waals surface area contributed by atoms with Gasteiger partial charge < -0.3 is 14.6 Å². The number of hydrogen-bond donors (Lipinski definition) is 1. The Kier molecular flexibility index (Phi) is 5.60. The second-order valence-corrected chi connectivity index (χ2v) is 4.63. The van der Waals surface area contributed by atoms with Gasteiger partial charge >= 0.3 is 5.97 Å². The van der Waals surface area contributed by atoms with Crippen molar-refractivity contribution in [2.45, 2.75) is 33.1 Å². The molecule has 0 aliphatic rings. The van der Waals surface area contributed by atoms with Crippen LogP contribution >= 0.6 is 0 Å². The van der Waals surface area contributed by atoms with Crippen LogP contribution in [0.25, 0.3) is 0 Å². The largest absolute Gasteiger partial charge is 0.469 e. The van der Waals surface area contributed by atoms with Crippen LogP contribution in [0.3, 0.4) is 0 Å². The normalized spacial score (nSPS) is 10.3. The molecule has 0 atom stereocenters. The zero-order valence-corrected chi connectivity index (χ0v) is 12.1. The number of nitrogens with zero attached hydrogens (tertiary/aromatic N) is 1. The Morgan fingerprint density at radius 2 is 2.00 bits per heavy atom. The molecular formula is C14H22N2O3. The van der Waals surface area contributed by atoms with Gasteiger partial charge in [0, 0.05) is 31.4 Å². The number of aryl methyl sites for hydroxylation is 1. The third kappa shape index (κ3) is 4.43. The van der Waals surface area contributed by atoms with E-state index in [9.17, 15) is 9.59 Å². The fourth-order valence-electron chi connectivity index (χ4n) is 1.93. The highest BCUT2D eigenvalue weighted by Crippen LogP contribution is 2.13. The van der Waals surface area contributed by atoms with Gasteiger partial charge in [0.25, 0.3) is 0 Å². The van der Waals surface area contributed by atoms with Crippen molar-refractivity contribution in [2.24, 2.45) is 7.05 Å². The van der Waals surface area contributed by atoms with Crippen molar-refractivity contribution in [3.8, 4) is 0 Å². The Labute approximate surface area is 113 Å². The molecule has 0 aliphatic heterocycles. The first-order valence-electron chi connectivity index (χ1n) is 6.41. The maximum atomic E-state index is 11.5. The number of carbonyl (C=O) groups is 2. The maximum Gasteiger partial charge on any atom is 0.306 e. The summed E-state index contributed by atoms with van der Waals surface area (Å²) in [6.07, 6.45) is 1.11. The van der Waals surface area contributed by atoms with Crippen LogP contribution in [0.1, 0.15) is 29.8 Å². The standard InChI is InChI=1S/C14H22N2O3/c1-10-9-12(11(2)16(10)3)7-8-15-13(17)5-6-14(18)19-4/h9H,5-8H2,1-4H3,(H,15,17). The molecule has 1 aromatic rings. The van der Waals surface area contributed by atoms with E-state index >= 15 is 0 Å². The van der Waals surface area contributed by atoms with E-state index in [1.807, 2.05) is 7.05 Å². The van der Waals surface area contributed by atoms with Crippen molar-refractivity contribution in [2.75, 3.05) is 13.7 Å². The van der Waals surface area contributed by atoms with Crippen molar-refractivity contribution in [1.29, 1.82) is 0 Å². The van der Waals surface area contributed by atoms with Crippen molar-refractivity contribution < 1.29 is 14.3 Å². The Bertz CT molecular complexity index is 464. The molecular weight excluding hydrogens is 244 g/mol. The monoisotopic (exact) mass is 266 g/mol. The lowest BCUT2D eigenvalue weighted by Gasteiger charge is -2.05. The second kappa shape index (κ2) is 6.97. The van der Waals surface area contributed by atoms with Crippen LogP contribution in [0, 0.1) is 13.8 Å². The number of hydrogen-bond acceptors (Lipinski definition) is 3. The highest BCUT2D eigenvalue weighted by Gasteiger charge is 2.08. The zero-order valence-electron chi connectivity index (χ0n) is 12.1. The predicted octanol–water partition coefficient (Wildman–Crippen LogP) is 1.25. The number of ether oxygens (including phenoxy) is 1. The number of rotatable bonds is 6. The Morgan fingerprint density at radius 3 is 2.53 bits per heavy atom. The first-order chi connectivity index (χ1) is 8.95. The molecule has 0 spiro atoms. The zero-order chi connectivity index (χ0) is 14.4. The summed E-state index contributed by atoms with van der Waals surface area (Å²) in [5, 5.41) is 2.81. The molecule has 0 bridgehead atoms. The Balaban J connectivity index is 2.32. The lowest BCUT2D eigenvalue weighted by Crippen LogP contribution is -2.26. The van der Waals surface area contributed by atoms with Gasteiger partial charge in [-0.2, -0.15) is 0 Å². The molecule has 5 nitrogen and oxygen atoms in total. The minimum absolute atomic E-state index is 0.115. The first kappa shape index (κ1) is 15.3. The topological polar surface area (TPSA) is 60.3 Å². The van der Waals surface area contributed by atoms with E-state index in [0.717, 1.165) is 6.42 Å². The van der Waals surface area contributed by atoms with Gasteiger partial charge in [0.1, 0.15) is 0 Å². The van der Waals surface area contributed by atoms with Crippen LogP contribution in [0.4, 0.5) is 0 Å². The van der Waals surface area contributed by atoms with Crippen molar-refractivity contribution in [3.63, 3.8) is 0 Å². The molecule has 19 heavy (non-hydrogen) atoms. The molecule has 1 heterocycles. The molecule has 0 fully saturated rings. The summed E-state index contributed by atoms with van der Waals surface area (Å²) in [4.78, 5) is 22.4. The minimum atomic E-state index is -0.357. The number of esters is 1. The van der Waals surface area contributed by atoms with E-state index in [1.165, 1.54) is 24.1 Å². The summed E-state index contributed by atoms with van der Waals surface area (Å²) in [5.41, 5.74) is 3.68. The molecule has 0 saturated heterocycles. The third-order valence-electron chi connectivity index (χ3n) is 3.38. The summed E-state index contributed by atoms with van der Waals surface area (Å²) in [6.45, 7) is 4.72. The van der Waals surface area contributed by atoms with Gasteiger partial charge in [-0.1, -0.05) is 0 Å². The molecule has 1 N–H and O–H groups in total. The number of methoxy groups -OCH3 is 1. The van der Waals surface area contributed by atoms with Crippen LogP contribution in [0.15, 0.2) is 6.07 Å². The molecule has 106 valence electrons. The van der Waals surface area contributed by atoms with Gasteiger partial charge in [-0.15, -0.1) is 0 Å². The highest BCUT2D eigenvalue weighted by atomic mass is 16.5. The highest BCUT2D eigenvalue weighted by molar-refractivity contribution is 5.81. The van der Waals surface area contributed by atoms with Crippen LogP contribution in [-0.2, 0) is 27.8 Å².